The van der Waals surface area contributed by atoms with Crippen LogP contribution in [0.1, 0.15) is 35.9 Å². The van der Waals surface area contributed by atoms with E-state index >= 15 is 0 Å². The highest BCUT2D eigenvalue weighted by Crippen LogP contribution is 2.34. The number of aromatic nitrogens is 2. The first-order valence-electron chi connectivity index (χ1n) is 9.01. The Hall–Kier alpha value is -2.66. The molecule has 0 amide bonds. The number of aryl methyl sites for hydroxylation is 1. The van der Waals surface area contributed by atoms with Crippen molar-refractivity contribution in [3.05, 3.63) is 65.5 Å². The van der Waals surface area contributed by atoms with E-state index in [0.717, 1.165) is 29.8 Å². The zero-order chi connectivity index (χ0) is 17.9. The molecule has 3 aromatic rings. The molecule has 0 unspecified atom stereocenters. The van der Waals surface area contributed by atoms with Crippen molar-refractivity contribution in [2.24, 2.45) is 0 Å². The fourth-order valence-electron chi connectivity index (χ4n) is 3.64. The third-order valence-corrected chi connectivity index (χ3v) is 5.06. The number of likely N-dealkylation sites (tertiary alicyclic amines) is 1. The number of nitrogens with zero attached hydrogens (tertiary/aromatic N) is 3. The summed E-state index contributed by atoms with van der Waals surface area (Å²) in [5.41, 5.74) is 3.48. The van der Waals surface area contributed by atoms with Gasteiger partial charge in [-0.1, -0.05) is 41.6 Å². The Kier molecular flexibility index (Phi) is 4.71. The molecule has 26 heavy (non-hydrogen) atoms. The van der Waals surface area contributed by atoms with Crippen molar-refractivity contribution >= 4 is 0 Å². The van der Waals surface area contributed by atoms with Crippen molar-refractivity contribution in [1.82, 2.24) is 15.0 Å². The molecule has 0 spiro atoms. The van der Waals surface area contributed by atoms with Gasteiger partial charge < -0.3 is 9.26 Å². The Morgan fingerprint density at radius 3 is 2.73 bits per heavy atom. The molecule has 0 N–H and O–H groups in total. The highest BCUT2D eigenvalue weighted by atomic mass is 16.5. The molecule has 5 heteroatoms. The fraction of sp³-hybridized carbons (Fsp3) is 0.333. The zero-order valence-corrected chi connectivity index (χ0v) is 15.2. The van der Waals surface area contributed by atoms with Crippen molar-refractivity contribution in [3.63, 3.8) is 0 Å². The SMILES string of the molecule is COc1ccc([C@@H]2CCCN2Cc2nc(-c3ccccc3C)no2)cc1. The molecule has 0 bridgehead atoms. The smallest absolute Gasteiger partial charge is 0.241 e. The van der Waals surface area contributed by atoms with Gasteiger partial charge in [0.25, 0.3) is 0 Å². The first-order chi connectivity index (χ1) is 12.7. The van der Waals surface area contributed by atoms with E-state index in [9.17, 15) is 0 Å². The monoisotopic (exact) mass is 349 g/mol. The highest BCUT2D eigenvalue weighted by Gasteiger charge is 2.27. The maximum absolute atomic E-state index is 5.53. The van der Waals surface area contributed by atoms with Gasteiger partial charge in [-0.05, 0) is 49.6 Å². The lowest BCUT2D eigenvalue weighted by molar-refractivity contribution is 0.212. The van der Waals surface area contributed by atoms with Crippen molar-refractivity contribution in [1.29, 1.82) is 0 Å². The Balaban J connectivity index is 1.50. The molecule has 2 aromatic carbocycles. The first kappa shape index (κ1) is 16.8. The second kappa shape index (κ2) is 7.30. The molecule has 1 saturated heterocycles. The van der Waals surface area contributed by atoms with Crippen molar-refractivity contribution in [3.8, 4) is 17.1 Å². The Bertz CT molecular complexity index is 873. The van der Waals surface area contributed by atoms with Crippen LogP contribution < -0.4 is 4.74 Å². The average molecular weight is 349 g/mol. The number of hydrogen-bond donors (Lipinski definition) is 0. The largest absolute Gasteiger partial charge is 0.497 e. The quantitative estimate of drug-likeness (QED) is 0.684. The van der Waals surface area contributed by atoms with Crippen LogP contribution in [0.4, 0.5) is 0 Å². The van der Waals surface area contributed by atoms with Crippen LogP contribution in [0.25, 0.3) is 11.4 Å². The van der Waals surface area contributed by atoms with Crippen LogP contribution in [0.2, 0.25) is 0 Å². The number of ether oxygens (including phenoxy) is 1. The van der Waals surface area contributed by atoms with Crippen molar-refractivity contribution in [2.75, 3.05) is 13.7 Å². The lowest BCUT2D eigenvalue weighted by Crippen LogP contribution is -2.22. The third kappa shape index (κ3) is 3.35. The van der Waals surface area contributed by atoms with E-state index in [-0.39, 0.29) is 0 Å². The van der Waals surface area contributed by atoms with E-state index in [1.165, 1.54) is 12.0 Å². The Morgan fingerprint density at radius 1 is 1.15 bits per heavy atom. The molecular weight excluding hydrogens is 326 g/mol. The molecule has 1 fully saturated rings. The van der Waals surface area contributed by atoms with Crippen LogP contribution in [0.5, 0.6) is 5.75 Å². The molecule has 0 radical (unpaired) electrons. The lowest BCUT2D eigenvalue weighted by atomic mass is 10.0. The Morgan fingerprint density at radius 2 is 1.96 bits per heavy atom. The Labute approximate surface area is 153 Å². The maximum atomic E-state index is 5.53. The van der Waals surface area contributed by atoms with Crippen LogP contribution in [0, 0.1) is 6.92 Å². The predicted molar refractivity (Wildman–Crippen MR) is 99.9 cm³/mol. The summed E-state index contributed by atoms with van der Waals surface area (Å²) >= 11 is 0. The van der Waals surface area contributed by atoms with Crippen LogP contribution in [-0.2, 0) is 6.54 Å². The van der Waals surface area contributed by atoms with Gasteiger partial charge in [0.05, 0.1) is 13.7 Å². The summed E-state index contributed by atoms with van der Waals surface area (Å²) in [4.78, 5) is 7.03. The van der Waals surface area contributed by atoms with Crippen LogP contribution in [0.3, 0.4) is 0 Å². The van der Waals surface area contributed by atoms with Gasteiger partial charge in [-0.2, -0.15) is 4.98 Å². The fourth-order valence-corrected chi connectivity index (χ4v) is 3.64. The molecule has 4 rings (SSSR count). The topological polar surface area (TPSA) is 51.4 Å². The third-order valence-electron chi connectivity index (χ3n) is 5.06. The minimum absolute atomic E-state index is 0.384. The van der Waals surface area contributed by atoms with E-state index in [4.69, 9.17) is 9.26 Å². The normalized spacial score (nSPS) is 17.5. The van der Waals surface area contributed by atoms with E-state index in [1.54, 1.807) is 7.11 Å². The summed E-state index contributed by atoms with van der Waals surface area (Å²) in [7, 11) is 1.69. The number of benzene rings is 2. The van der Waals surface area contributed by atoms with Gasteiger partial charge in [-0.25, -0.2) is 0 Å². The molecule has 0 aliphatic carbocycles. The van der Waals surface area contributed by atoms with Gasteiger partial charge in [0, 0.05) is 11.6 Å². The molecule has 1 atom stereocenters. The van der Waals surface area contributed by atoms with Gasteiger partial charge >= 0.3 is 0 Å². The standard InChI is InChI=1S/C21H23N3O2/c1-15-6-3-4-7-18(15)21-22-20(26-23-21)14-24-13-5-8-19(24)16-9-11-17(25-2)12-10-16/h3-4,6-7,9-12,19H,5,8,13-14H2,1-2H3/t19-/m0/s1. The molecule has 2 heterocycles. The minimum atomic E-state index is 0.384. The summed E-state index contributed by atoms with van der Waals surface area (Å²) in [5, 5.41) is 4.18. The molecule has 0 saturated carbocycles. The highest BCUT2D eigenvalue weighted by molar-refractivity contribution is 5.58. The number of methoxy groups -OCH3 is 1. The molecule has 1 aliphatic heterocycles. The van der Waals surface area contributed by atoms with Gasteiger partial charge in [0.2, 0.25) is 11.7 Å². The van der Waals surface area contributed by atoms with Gasteiger partial charge in [-0.15, -0.1) is 0 Å². The van der Waals surface area contributed by atoms with Crippen LogP contribution in [0.15, 0.2) is 53.1 Å². The van der Waals surface area contributed by atoms with E-state index in [1.807, 2.05) is 30.3 Å². The second-order valence-electron chi connectivity index (χ2n) is 6.73. The van der Waals surface area contributed by atoms with Crippen LogP contribution >= 0.6 is 0 Å². The molecule has 134 valence electrons. The van der Waals surface area contributed by atoms with Gasteiger partial charge in [0.15, 0.2) is 0 Å². The van der Waals surface area contributed by atoms with Gasteiger partial charge in [-0.3, -0.25) is 4.90 Å². The van der Waals surface area contributed by atoms with E-state index in [0.29, 0.717) is 24.3 Å². The van der Waals surface area contributed by atoms with Gasteiger partial charge in [0.1, 0.15) is 5.75 Å². The van der Waals surface area contributed by atoms with Crippen molar-refractivity contribution in [2.45, 2.75) is 32.4 Å². The minimum Gasteiger partial charge on any atom is -0.497 e. The maximum Gasteiger partial charge on any atom is 0.241 e. The summed E-state index contributed by atoms with van der Waals surface area (Å²) < 4.78 is 10.8. The average Bonchev–Trinajstić information content (AvgIpc) is 3.32. The first-order valence-corrected chi connectivity index (χ1v) is 9.01. The number of hydrogen-bond acceptors (Lipinski definition) is 5. The summed E-state index contributed by atoms with van der Waals surface area (Å²) in [5.74, 6) is 2.22. The predicted octanol–water partition coefficient (Wildman–Crippen LogP) is 4.39. The van der Waals surface area contributed by atoms with E-state index < -0.39 is 0 Å². The molecule has 1 aliphatic rings. The zero-order valence-electron chi connectivity index (χ0n) is 15.2. The summed E-state index contributed by atoms with van der Waals surface area (Å²) in [6.45, 7) is 3.78. The summed E-state index contributed by atoms with van der Waals surface area (Å²) in [6, 6.07) is 16.8. The molecule has 5 nitrogen and oxygen atoms in total. The lowest BCUT2D eigenvalue weighted by Gasteiger charge is -2.23. The summed E-state index contributed by atoms with van der Waals surface area (Å²) in [6.07, 6.45) is 2.32. The molecular formula is C21H23N3O2. The van der Waals surface area contributed by atoms with E-state index in [2.05, 4.69) is 40.2 Å². The van der Waals surface area contributed by atoms with Crippen molar-refractivity contribution < 1.29 is 9.26 Å². The second-order valence-corrected chi connectivity index (χ2v) is 6.73. The van der Waals surface area contributed by atoms with Crippen LogP contribution in [-0.4, -0.2) is 28.7 Å². The molecule has 1 aromatic heterocycles. The number of rotatable bonds is 5.